The highest BCUT2D eigenvalue weighted by Crippen LogP contribution is 2.29. The van der Waals surface area contributed by atoms with Crippen molar-refractivity contribution in [3.8, 4) is 0 Å². The van der Waals surface area contributed by atoms with Gasteiger partial charge in [0.05, 0.1) is 5.56 Å². The summed E-state index contributed by atoms with van der Waals surface area (Å²) in [6.45, 7) is 4.61. The predicted molar refractivity (Wildman–Crippen MR) is 105 cm³/mol. The number of hydrogen-bond acceptors (Lipinski definition) is 5. The molecule has 1 unspecified atom stereocenters. The number of halogens is 3. The second-order valence-electron chi connectivity index (χ2n) is 7.61. The summed E-state index contributed by atoms with van der Waals surface area (Å²) in [5.74, 6) is -2.00. The van der Waals surface area contributed by atoms with E-state index >= 15 is 0 Å². The molecule has 2 aromatic rings. The standard InChI is InChI=1S/C22H22F3NO5/c1-21(2,3)31-20(29)26-17(19(28)30-13-14-7-5-4-6-8-14)18(27)15-9-11-16(12-10-15)22(23,24)25/h4-12,17H,13H2,1-3H3,(H,26,29). The van der Waals surface area contributed by atoms with Crippen molar-refractivity contribution < 1.29 is 37.0 Å². The molecule has 0 aliphatic carbocycles. The number of rotatable bonds is 6. The summed E-state index contributed by atoms with van der Waals surface area (Å²) in [5.41, 5.74) is -1.41. The van der Waals surface area contributed by atoms with Gasteiger partial charge in [0, 0.05) is 5.56 Å². The lowest BCUT2D eigenvalue weighted by atomic mass is 10.0. The van der Waals surface area contributed by atoms with Crippen molar-refractivity contribution in [2.75, 3.05) is 0 Å². The van der Waals surface area contributed by atoms with Crippen molar-refractivity contribution >= 4 is 17.8 Å². The van der Waals surface area contributed by atoms with Crippen molar-refractivity contribution in [3.63, 3.8) is 0 Å². The van der Waals surface area contributed by atoms with Crippen LogP contribution in [0.2, 0.25) is 0 Å². The van der Waals surface area contributed by atoms with Crippen molar-refractivity contribution in [2.24, 2.45) is 0 Å². The van der Waals surface area contributed by atoms with Gasteiger partial charge in [-0.1, -0.05) is 42.5 Å². The van der Waals surface area contributed by atoms with Crippen LogP contribution in [0.5, 0.6) is 0 Å². The van der Waals surface area contributed by atoms with E-state index in [0.29, 0.717) is 17.7 Å². The zero-order chi connectivity index (χ0) is 23.2. The second kappa shape index (κ2) is 9.63. The van der Waals surface area contributed by atoms with Gasteiger partial charge in [-0.2, -0.15) is 13.2 Å². The molecule has 0 saturated heterocycles. The summed E-state index contributed by atoms with van der Waals surface area (Å²) in [6.07, 6.45) is -5.63. The number of hydrogen-bond donors (Lipinski definition) is 1. The Morgan fingerprint density at radius 1 is 0.935 bits per heavy atom. The van der Waals surface area contributed by atoms with Crippen LogP contribution in [-0.2, 0) is 27.1 Å². The van der Waals surface area contributed by atoms with Crippen molar-refractivity contribution in [1.82, 2.24) is 5.32 Å². The van der Waals surface area contributed by atoms with E-state index in [1.165, 1.54) is 0 Å². The minimum atomic E-state index is -4.58. The molecule has 0 bridgehead atoms. The number of carbonyl (C=O) groups excluding carboxylic acids is 3. The number of benzene rings is 2. The molecule has 0 aliphatic heterocycles. The van der Waals surface area contributed by atoms with E-state index in [2.05, 4.69) is 5.32 Å². The average Bonchev–Trinajstić information content (AvgIpc) is 2.68. The monoisotopic (exact) mass is 437 g/mol. The average molecular weight is 437 g/mol. The Bertz CT molecular complexity index is 919. The molecule has 166 valence electrons. The fourth-order valence-electron chi connectivity index (χ4n) is 2.46. The first-order valence-corrected chi connectivity index (χ1v) is 9.28. The summed E-state index contributed by atoms with van der Waals surface area (Å²) < 4.78 is 48.5. The smallest absolute Gasteiger partial charge is 0.416 e. The molecule has 0 saturated carbocycles. The molecular weight excluding hydrogens is 415 g/mol. The van der Waals surface area contributed by atoms with Crippen LogP contribution in [0.15, 0.2) is 54.6 Å². The van der Waals surface area contributed by atoms with Crippen LogP contribution in [0.1, 0.15) is 42.3 Å². The number of carbonyl (C=O) groups is 3. The first-order chi connectivity index (χ1) is 14.4. The number of alkyl halides is 3. The normalized spacial score (nSPS) is 12.6. The fourth-order valence-corrected chi connectivity index (χ4v) is 2.46. The number of ether oxygens (including phenoxy) is 2. The van der Waals surface area contributed by atoms with Gasteiger partial charge in [0.15, 0.2) is 11.8 Å². The largest absolute Gasteiger partial charge is 0.459 e. The van der Waals surface area contributed by atoms with Crippen LogP contribution in [-0.4, -0.2) is 29.5 Å². The van der Waals surface area contributed by atoms with Crippen LogP contribution < -0.4 is 5.32 Å². The van der Waals surface area contributed by atoms with Crippen molar-refractivity contribution in [2.45, 2.75) is 45.2 Å². The summed E-state index contributed by atoms with van der Waals surface area (Å²) >= 11 is 0. The molecule has 0 heterocycles. The summed E-state index contributed by atoms with van der Waals surface area (Å²) in [7, 11) is 0. The van der Waals surface area contributed by atoms with E-state index in [1.807, 2.05) is 0 Å². The first-order valence-electron chi connectivity index (χ1n) is 9.28. The maximum atomic E-state index is 12.8. The summed E-state index contributed by atoms with van der Waals surface area (Å²) in [4.78, 5) is 37.5. The van der Waals surface area contributed by atoms with Gasteiger partial charge >= 0.3 is 18.2 Å². The number of Topliss-reactive ketones (excluding diaryl/α,β-unsaturated/α-hetero) is 1. The Hall–Kier alpha value is -3.36. The quantitative estimate of drug-likeness (QED) is 0.408. The van der Waals surface area contributed by atoms with Gasteiger partial charge in [-0.05, 0) is 38.5 Å². The molecule has 1 atom stereocenters. The third kappa shape index (κ3) is 7.44. The molecule has 0 aromatic heterocycles. The number of nitrogens with one attached hydrogen (secondary N) is 1. The highest BCUT2D eigenvalue weighted by molar-refractivity contribution is 6.13. The topological polar surface area (TPSA) is 81.7 Å². The first kappa shape index (κ1) is 23.9. The van der Waals surface area contributed by atoms with Gasteiger partial charge in [0.1, 0.15) is 12.2 Å². The van der Waals surface area contributed by atoms with Crippen LogP contribution >= 0.6 is 0 Å². The fraction of sp³-hybridized carbons (Fsp3) is 0.318. The van der Waals surface area contributed by atoms with Gasteiger partial charge in [-0.25, -0.2) is 9.59 Å². The maximum absolute atomic E-state index is 12.8. The van der Waals surface area contributed by atoms with Crippen LogP contribution in [0.25, 0.3) is 0 Å². The molecule has 6 nitrogen and oxygen atoms in total. The Kier molecular flexibility index (Phi) is 7.43. The van der Waals surface area contributed by atoms with Gasteiger partial charge in [0.2, 0.25) is 0 Å². The lowest BCUT2D eigenvalue weighted by Gasteiger charge is -2.22. The van der Waals surface area contributed by atoms with Gasteiger partial charge in [0.25, 0.3) is 0 Å². The highest BCUT2D eigenvalue weighted by Gasteiger charge is 2.34. The van der Waals surface area contributed by atoms with Crippen LogP contribution in [0.4, 0.5) is 18.0 Å². The van der Waals surface area contributed by atoms with Gasteiger partial charge < -0.3 is 14.8 Å². The Labute approximate surface area is 177 Å². The molecule has 1 amide bonds. The minimum Gasteiger partial charge on any atom is -0.459 e. The van der Waals surface area contributed by atoms with E-state index in [-0.39, 0.29) is 12.2 Å². The molecule has 0 fully saturated rings. The Morgan fingerprint density at radius 2 is 1.52 bits per heavy atom. The van der Waals surface area contributed by atoms with Crippen molar-refractivity contribution in [3.05, 3.63) is 71.3 Å². The van der Waals surface area contributed by atoms with E-state index in [1.54, 1.807) is 51.1 Å². The van der Waals surface area contributed by atoms with Crippen molar-refractivity contribution in [1.29, 1.82) is 0 Å². The zero-order valence-electron chi connectivity index (χ0n) is 17.2. The number of ketones is 1. The van der Waals surface area contributed by atoms with E-state index in [9.17, 15) is 27.6 Å². The van der Waals surface area contributed by atoms with E-state index in [4.69, 9.17) is 9.47 Å². The summed E-state index contributed by atoms with van der Waals surface area (Å²) in [5, 5.41) is 2.15. The Balaban J connectivity index is 2.21. The minimum absolute atomic E-state index is 0.160. The van der Waals surface area contributed by atoms with Crippen LogP contribution in [0.3, 0.4) is 0 Å². The van der Waals surface area contributed by atoms with E-state index < -0.39 is 41.2 Å². The molecule has 0 radical (unpaired) electrons. The third-order valence-corrected chi connectivity index (χ3v) is 3.88. The lowest BCUT2D eigenvalue weighted by Crippen LogP contribution is -2.49. The predicted octanol–water partition coefficient (Wildman–Crippen LogP) is 4.52. The van der Waals surface area contributed by atoms with Gasteiger partial charge in [-0.3, -0.25) is 4.79 Å². The molecule has 9 heteroatoms. The number of esters is 1. The molecular formula is C22H22F3NO5. The van der Waals surface area contributed by atoms with E-state index in [0.717, 1.165) is 12.1 Å². The molecule has 1 N–H and O–H groups in total. The molecule has 0 spiro atoms. The third-order valence-electron chi connectivity index (χ3n) is 3.88. The highest BCUT2D eigenvalue weighted by atomic mass is 19.4. The molecule has 0 aliphatic rings. The summed E-state index contributed by atoms with van der Waals surface area (Å²) in [6, 6.07) is 10.1. The second-order valence-corrected chi connectivity index (χ2v) is 7.61. The number of alkyl carbamates (subject to hydrolysis) is 1. The molecule has 31 heavy (non-hydrogen) atoms. The molecule has 2 aromatic carbocycles. The zero-order valence-corrected chi connectivity index (χ0v) is 17.2. The molecule has 2 rings (SSSR count). The SMILES string of the molecule is CC(C)(C)OC(=O)NC(C(=O)OCc1ccccc1)C(=O)c1ccc(C(F)(F)F)cc1. The Morgan fingerprint density at radius 3 is 2.03 bits per heavy atom. The van der Waals surface area contributed by atoms with Crippen LogP contribution in [0, 0.1) is 0 Å². The lowest BCUT2D eigenvalue weighted by molar-refractivity contribution is -0.146. The number of amides is 1. The van der Waals surface area contributed by atoms with Gasteiger partial charge in [-0.15, -0.1) is 0 Å². The maximum Gasteiger partial charge on any atom is 0.416 e.